The van der Waals surface area contributed by atoms with Gasteiger partial charge in [0.05, 0.1) is 18.7 Å². The van der Waals surface area contributed by atoms with Gasteiger partial charge in [-0.25, -0.2) is 0 Å². The lowest BCUT2D eigenvalue weighted by Gasteiger charge is -2.33. The molecular weight excluding hydrogens is 312 g/mol. The van der Waals surface area contributed by atoms with Gasteiger partial charge in [0, 0.05) is 19.3 Å². The maximum Gasteiger partial charge on any atom is 0.229 e. The minimum atomic E-state index is -0.0633. The van der Waals surface area contributed by atoms with Crippen molar-refractivity contribution < 1.29 is 9.53 Å². The first-order valence-corrected chi connectivity index (χ1v) is 9.10. The highest BCUT2D eigenvalue weighted by Crippen LogP contribution is 2.25. The van der Waals surface area contributed by atoms with Crippen LogP contribution in [0.2, 0.25) is 0 Å². The highest BCUT2D eigenvalue weighted by molar-refractivity contribution is 5.83. The molecule has 0 N–H and O–H groups in total. The summed E-state index contributed by atoms with van der Waals surface area (Å²) in [6.45, 7) is 4.43. The van der Waals surface area contributed by atoms with Crippen LogP contribution in [0, 0.1) is 5.92 Å². The van der Waals surface area contributed by atoms with Gasteiger partial charge in [0.2, 0.25) is 5.91 Å². The normalized spacial score (nSPS) is 16.4. The Bertz CT molecular complexity index is 652. The third-order valence-electron chi connectivity index (χ3n) is 5.03. The number of ether oxygens (including phenoxy) is 1. The molecule has 0 spiro atoms. The number of hydrogen-bond donors (Lipinski definition) is 0. The van der Waals surface area contributed by atoms with Gasteiger partial charge in [-0.3, -0.25) is 9.78 Å². The molecule has 4 heteroatoms. The lowest BCUT2D eigenvalue weighted by Crippen LogP contribution is -2.40. The molecule has 25 heavy (non-hydrogen) atoms. The molecule has 1 aliphatic rings. The Morgan fingerprint density at radius 3 is 2.64 bits per heavy atom. The van der Waals surface area contributed by atoms with E-state index in [2.05, 4.69) is 4.98 Å². The van der Waals surface area contributed by atoms with E-state index in [1.165, 1.54) is 0 Å². The minimum absolute atomic E-state index is 0.0633. The fourth-order valence-electron chi connectivity index (χ4n) is 3.38. The molecule has 1 aliphatic heterocycles. The second kappa shape index (κ2) is 8.65. The number of hydrogen-bond acceptors (Lipinski definition) is 3. The van der Waals surface area contributed by atoms with Crippen molar-refractivity contribution in [1.82, 2.24) is 9.88 Å². The number of piperidine rings is 1. The molecule has 1 atom stereocenters. The van der Waals surface area contributed by atoms with Crippen molar-refractivity contribution in [3.8, 4) is 5.75 Å². The van der Waals surface area contributed by atoms with Gasteiger partial charge < -0.3 is 9.64 Å². The molecule has 2 heterocycles. The monoisotopic (exact) mass is 338 g/mol. The van der Waals surface area contributed by atoms with Gasteiger partial charge in [0.1, 0.15) is 5.75 Å². The summed E-state index contributed by atoms with van der Waals surface area (Å²) < 4.78 is 5.74. The first-order valence-electron chi connectivity index (χ1n) is 9.10. The highest BCUT2D eigenvalue weighted by atomic mass is 16.5. The van der Waals surface area contributed by atoms with Crippen LogP contribution in [0.15, 0.2) is 54.9 Å². The number of carbonyl (C=O) groups excluding carboxylic acids is 1. The zero-order chi connectivity index (χ0) is 17.5. The van der Waals surface area contributed by atoms with E-state index in [-0.39, 0.29) is 11.8 Å². The van der Waals surface area contributed by atoms with Crippen molar-refractivity contribution in [1.29, 1.82) is 0 Å². The van der Waals surface area contributed by atoms with E-state index in [9.17, 15) is 4.79 Å². The molecule has 2 aromatic rings. The van der Waals surface area contributed by atoms with Gasteiger partial charge in [-0.2, -0.15) is 0 Å². The lowest BCUT2D eigenvalue weighted by molar-refractivity contribution is -0.133. The molecule has 1 aromatic carbocycles. The Kier molecular flexibility index (Phi) is 6.04. The van der Waals surface area contributed by atoms with Gasteiger partial charge in [-0.15, -0.1) is 0 Å². The van der Waals surface area contributed by atoms with Gasteiger partial charge in [-0.1, -0.05) is 30.3 Å². The summed E-state index contributed by atoms with van der Waals surface area (Å²) in [5.74, 6) is 1.64. The quantitative estimate of drug-likeness (QED) is 0.802. The topological polar surface area (TPSA) is 42.4 Å². The summed E-state index contributed by atoms with van der Waals surface area (Å²) in [4.78, 5) is 18.8. The van der Waals surface area contributed by atoms with Crippen LogP contribution in [-0.2, 0) is 4.79 Å². The second-order valence-electron chi connectivity index (χ2n) is 6.73. The summed E-state index contributed by atoms with van der Waals surface area (Å²) >= 11 is 0. The first kappa shape index (κ1) is 17.5. The van der Waals surface area contributed by atoms with Crippen molar-refractivity contribution >= 4 is 5.91 Å². The standard InChI is InChI=1S/C21H26N2O2/c1-17(19-6-3-2-4-7-19)21(24)23-13-9-18(10-14-23)11-15-25-20-8-5-12-22-16-20/h2-8,12,16-18H,9-11,13-15H2,1H3/t17-/m0/s1. The number of carbonyl (C=O) groups is 1. The first-order chi connectivity index (χ1) is 12.2. The van der Waals surface area contributed by atoms with Crippen molar-refractivity contribution in [2.75, 3.05) is 19.7 Å². The predicted molar refractivity (Wildman–Crippen MR) is 98.5 cm³/mol. The van der Waals surface area contributed by atoms with Gasteiger partial charge in [0.15, 0.2) is 0 Å². The van der Waals surface area contributed by atoms with Crippen LogP contribution in [0.1, 0.15) is 37.7 Å². The smallest absolute Gasteiger partial charge is 0.229 e. The zero-order valence-electron chi connectivity index (χ0n) is 14.8. The Labute approximate surface area is 149 Å². The van der Waals surface area contributed by atoms with Crippen LogP contribution in [0.3, 0.4) is 0 Å². The average molecular weight is 338 g/mol. The number of pyridine rings is 1. The molecule has 3 rings (SSSR count). The fourth-order valence-corrected chi connectivity index (χ4v) is 3.38. The molecule has 0 unspecified atom stereocenters. The predicted octanol–water partition coefficient (Wildman–Crippen LogP) is 3.89. The number of amides is 1. The van der Waals surface area contributed by atoms with E-state index in [1.54, 1.807) is 12.4 Å². The molecule has 1 aromatic heterocycles. The van der Waals surface area contributed by atoms with Gasteiger partial charge in [-0.05, 0) is 49.8 Å². The Morgan fingerprint density at radius 2 is 1.96 bits per heavy atom. The van der Waals surface area contributed by atoms with Crippen LogP contribution in [0.5, 0.6) is 5.75 Å². The molecule has 4 nitrogen and oxygen atoms in total. The van der Waals surface area contributed by atoms with E-state index < -0.39 is 0 Å². The molecule has 0 aliphatic carbocycles. The van der Waals surface area contributed by atoms with Gasteiger partial charge in [0.25, 0.3) is 0 Å². The third kappa shape index (κ3) is 4.81. The maximum atomic E-state index is 12.7. The number of rotatable bonds is 6. The Balaban J connectivity index is 1.41. The second-order valence-corrected chi connectivity index (χ2v) is 6.73. The van der Waals surface area contributed by atoms with Crippen LogP contribution in [-0.4, -0.2) is 35.5 Å². The minimum Gasteiger partial charge on any atom is -0.492 e. The molecule has 0 saturated carbocycles. The number of benzene rings is 1. The lowest BCUT2D eigenvalue weighted by atomic mass is 9.92. The van der Waals surface area contributed by atoms with Crippen LogP contribution >= 0.6 is 0 Å². The van der Waals surface area contributed by atoms with E-state index in [0.29, 0.717) is 12.5 Å². The third-order valence-corrected chi connectivity index (χ3v) is 5.03. The van der Waals surface area contributed by atoms with Crippen LogP contribution < -0.4 is 4.74 Å². The molecule has 1 saturated heterocycles. The molecule has 132 valence electrons. The zero-order valence-corrected chi connectivity index (χ0v) is 14.8. The van der Waals surface area contributed by atoms with Gasteiger partial charge >= 0.3 is 0 Å². The number of aromatic nitrogens is 1. The SMILES string of the molecule is C[C@H](C(=O)N1CCC(CCOc2cccnc2)CC1)c1ccccc1. The molecule has 0 bridgehead atoms. The van der Waals surface area contributed by atoms with Crippen molar-refractivity contribution in [3.63, 3.8) is 0 Å². The molecular formula is C21H26N2O2. The van der Waals surface area contributed by atoms with Crippen LogP contribution in [0.25, 0.3) is 0 Å². The van der Waals surface area contributed by atoms with E-state index >= 15 is 0 Å². The summed E-state index contributed by atoms with van der Waals surface area (Å²) in [7, 11) is 0. The maximum absolute atomic E-state index is 12.7. The fraction of sp³-hybridized carbons (Fsp3) is 0.429. The van der Waals surface area contributed by atoms with E-state index in [1.807, 2.05) is 54.3 Å². The average Bonchev–Trinajstić information content (AvgIpc) is 2.69. The van der Waals surface area contributed by atoms with Crippen LogP contribution in [0.4, 0.5) is 0 Å². The van der Waals surface area contributed by atoms with E-state index in [4.69, 9.17) is 4.74 Å². The summed E-state index contributed by atoms with van der Waals surface area (Å²) in [5, 5.41) is 0. The molecule has 1 fully saturated rings. The highest BCUT2D eigenvalue weighted by Gasteiger charge is 2.26. The van der Waals surface area contributed by atoms with Crippen molar-refractivity contribution in [2.45, 2.75) is 32.1 Å². The summed E-state index contributed by atoms with van der Waals surface area (Å²) in [5.41, 5.74) is 1.10. The Hall–Kier alpha value is -2.36. The van der Waals surface area contributed by atoms with E-state index in [0.717, 1.165) is 43.7 Å². The molecule has 0 radical (unpaired) electrons. The Morgan fingerprint density at radius 1 is 1.20 bits per heavy atom. The van der Waals surface area contributed by atoms with Crippen molar-refractivity contribution in [2.24, 2.45) is 5.92 Å². The van der Waals surface area contributed by atoms with Crippen molar-refractivity contribution in [3.05, 3.63) is 60.4 Å². The largest absolute Gasteiger partial charge is 0.492 e. The molecule has 1 amide bonds. The summed E-state index contributed by atoms with van der Waals surface area (Å²) in [6.07, 6.45) is 6.64. The number of likely N-dealkylation sites (tertiary alicyclic amines) is 1. The summed E-state index contributed by atoms with van der Waals surface area (Å²) in [6, 6.07) is 13.9. The number of nitrogens with zero attached hydrogens (tertiary/aromatic N) is 2.